The van der Waals surface area contributed by atoms with Gasteiger partial charge in [-0.05, 0) is 30.7 Å². The molecule has 3 atom stereocenters. The summed E-state index contributed by atoms with van der Waals surface area (Å²) in [5.41, 5.74) is 0. The Balaban J connectivity index is 2.30. The lowest BCUT2D eigenvalue weighted by Crippen LogP contribution is -2.52. The fraction of sp³-hybridized carbons (Fsp3) is 0.429. The maximum atomic E-state index is 13.1. The first-order valence-electron chi connectivity index (χ1n) is 9.54. The largest absolute Gasteiger partial charge is 0.352 e. The van der Waals surface area contributed by atoms with Gasteiger partial charge in [-0.15, -0.1) is 0 Å². The molecule has 0 aliphatic heterocycles. The molecule has 7 heteroatoms. The van der Waals surface area contributed by atoms with Crippen molar-refractivity contribution in [2.45, 2.75) is 57.0 Å². The summed E-state index contributed by atoms with van der Waals surface area (Å²) in [5.74, 6) is -0.570. The maximum Gasteiger partial charge on any atom is 0.241 e. The molecule has 0 spiro atoms. The molecule has 6 nitrogen and oxygen atoms in total. The minimum atomic E-state index is -3.91. The lowest BCUT2D eigenvalue weighted by atomic mass is 9.99. The first-order chi connectivity index (χ1) is 13.3. The van der Waals surface area contributed by atoms with Gasteiger partial charge in [0.2, 0.25) is 15.9 Å². The molecule has 0 saturated heterocycles. The number of amides is 1. The molecule has 0 bridgehead atoms. The standard InChI is InChI=1S/C21H28N2O4S/c1-4-15(2)20(21(25)22-16(3)9-8-14-24)23-28(26,27)19-13-7-11-17-10-5-6-12-18(17)19/h5-7,10-16,20,23H,4,8-9H2,1-3H3,(H,22,25)/t15-,16+,20-/m0/s1. The van der Waals surface area contributed by atoms with Gasteiger partial charge in [0.1, 0.15) is 12.3 Å². The summed E-state index contributed by atoms with van der Waals surface area (Å²) in [6.07, 6.45) is 2.30. The quantitative estimate of drug-likeness (QED) is 0.596. The van der Waals surface area contributed by atoms with Crippen molar-refractivity contribution in [3.8, 4) is 0 Å². The van der Waals surface area contributed by atoms with Gasteiger partial charge in [0.05, 0.1) is 4.90 Å². The van der Waals surface area contributed by atoms with Crippen molar-refractivity contribution in [3.05, 3.63) is 42.5 Å². The van der Waals surface area contributed by atoms with Crippen LogP contribution in [0.4, 0.5) is 0 Å². The molecule has 2 N–H and O–H groups in total. The van der Waals surface area contributed by atoms with Crippen LogP contribution in [-0.2, 0) is 19.6 Å². The van der Waals surface area contributed by atoms with E-state index in [1.165, 1.54) is 0 Å². The Bertz CT molecular complexity index is 922. The van der Waals surface area contributed by atoms with E-state index >= 15 is 0 Å². The summed E-state index contributed by atoms with van der Waals surface area (Å²) >= 11 is 0. The molecule has 0 aromatic heterocycles. The van der Waals surface area contributed by atoms with E-state index < -0.39 is 16.1 Å². The Morgan fingerprint density at radius 1 is 1.11 bits per heavy atom. The van der Waals surface area contributed by atoms with Crippen molar-refractivity contribution >= 4 is 33.0 Å². The first-order valence-corrected chi connectivity index (χ1v) is 11.0. The highest BCUT2D eigenvalue weighted by Gasteiger charge is 2.31. The Labute approximate surface area is 166 Å². The molecule has 0 radical (unpaired) electrons. The van der Waals surface area contributed by atoms with Crippen LogP contribution in [0.25, 0.3) is 10.8 Å². The zero-order valence-electron chi connectivity index (χ0n) is 16.5. The van der Waals surface area contributed by atoms with Crippen LogP contribution in [0.15, 0.2) is 47.4 Å². The molecule has 0 fully saturated rings. The van der Waals surface area contributed by atoms with Crippen molar-refractivity contribution in [1.29, 1.82) is 0 Å². The number of hydrogen-bond acceptors (Lipinski definition) is 4. The SMILES string of the molecule is CC[C@H](C)[C@H](NS(=O)(=O)c1cccc2ccccc12)C(=O)N[C@H](C)CCC=O. The zero-order valence-corrected chi connectivity index (χ0v) is 17.3. The van der Waals surface area contributed by atoms with E-state index in [9.17, 15) is 18.0 Å². The van der Waals surface area contributed by atoms with Gasteiger partial charge in [0, 0.05) is 17.8 Å². The Kier molecular flexibility index (Phi) is 7.71. The van der Waals surface area contributed by atoms with E-state index in [-0.39, 0.29) is 22.8 Å². The minimum Gasteiger partial charge on any atom is -0.352 e. The molecule has 2 aromatic rings. The van der Waals surface area contributed by atoms with E-state index in [1.807, 2.05) is 32.0 Å². The van der Waals surface area contributed by atoms with Crippen LogP contribution in [0.5, 0.6) is 0 Å². The van der Waals surface area contributed by atoms with Crippen molar-refractivity contribution < 1.29 is 18.0 Å². The number of fused-ring (bicyclic) bond motifs is 1. The topological polar surface area (TPSA) is 92.3 Å². The fourth-order valence-electron chi connectivity index (χ4n) is 3.05. The number of carbonyl (C=O) groups is 2. The predicted molar refractivity (Wildman–Crippen MR) is 110 cm³/mol. The smallest absolute Gasteiger partial charge is 0.241 e. The summed E-state index contributed by atoms with van der Waals surface area (Å²) in [4.78, 5) is 23.4. The number of rotatable bonds is 10. The monoisotopic (exact) mass is 404 g/mol. The molecule has 28 heavy (non-hydrogen) atoms. The lowest BCUT2D eigenvalue weighted by Gasteiger charge is -2.25. The van der Waals surface area contributed by atoms with Gasteiger partial charge in [0.15, 0.2) is 0 Å². The van der Waals surface area contributed by atoms with E-state index in [0.717, 1.165) is 11.7 Å². The molecule has 2 rings (SSSR count). The lowest BCUT2D eigenvalue weighted by molar-refractivity contribution is -0.124. The van der Waals surface area contributed by atoms with Crippen molar-refractivity contribution in [2.75, 3.05) is 0 Å². The van der Waals surface area contributed by atoms with Gasteiger partial charge < -0.3 is 10.1 Å². The van der Waals surface area contributed by atoms with Gasteiger partial charge in [-0.25, -0.2) is 8.42 Å². The van der Waals surface area contributed by atoms with Crippen molar-refractivity contribution in [2.24, 2.45) is 5.92 Å². The molecular formula is C21H28N2O4S. The van der Waals surface area contributed by atoms with E-state index in [2.05, 4.69) is 10.0 Å². The number of sulfonamides is 1. The first kappa shape index (κ1) is 22.0. The average molecular weight is 405 g/mol. The van der Waals surface area contributed by atoms with Crippen LogP contribution < -0.4 is 10.0 Å². The van der Waals surface area contributed by atoms with E-state index in [0.29, 0.717) is 24.6 Å². The molecule has 0 aliphatic rings. The third-order valence-electron chi connectivity index (χ3n) is 4.92. The van der Waals surface area contributed by atoms with Crippen LogP contribution in [0.1, 0.15) is 40.0 Å². The molecular weight excluding hydrogens is 376 g/mol. The van der Waals surface area contributed by atoms with Crippen LogP contribution in [0.3, 0.4) is 0 Å². The molecule has 0 unspecified atom stereocenters. The van der Waals surface area contributed by atoms with Crippen LogP contribution in [0.2, 0.25) is 0 Å². The molecule has 0 aliphatic carbocycles. The van der Waals surface area contributed by atoms with Gasteiger partial charge in [-0.1, -0.05) is 56.7 Å². The van der Waals surface area contributed by atoms with Crippen molar-refractivity contribution in [3.63, 3.8) is 0 Å². The highest BCUT2D eigenvalue weighted by molar-refractivity contribution is 7.89. The molecule has 152 valence electrons. The highest BCUT2D eigenvalue weighted by atomic mass is 32.2. The zero-order chi connectivity index (χ0) is 20.7. The predicted octanol–water partition coefficient (Wildman–Crippen LogP) is 3.02. The van der Waals surface area contributed by atoms with Crippen LogP contribution in [0, 0.1) is 5.92 Å². The minimum absolute atomic E-state index is 0.153. The van der Waals surface area contributed by atoms with Crippen LogP contribution in [-0.4, -0.2) is 32.7 Å². The van der Waals surface area contributed by atoms with Crippen LogP contribution >= 0.6 is 0 Å². The summed E-state index contributed by atoms with van der Waals surface area (Å²) < 4.78 is 28.8. The Morgan fingerprint density at radius 3 is 2.46 bits per heavy atom. The second kappa shape index (κ2) is 9.80. The summed E-state index contributed by atoms with van der Waals surface area (Å²) in [7, 11) is -3.91. The molecule has 1 amide bonds. The summed E-state index contributed by atoms with van der Waals surface area (Å²) in [6.45, 7) is 5.55. The molecule has 2 aromatic carbocycles. The number of benzene rings is 2. The summed E-state index contributed by atoms with van der Waals surface area (Å²) in [6, 6.07) is 11.2. The van der Waals surface area contributed by atoms with Crippen molar-refractivity contribution in [1.82, 2.24) is 10.0 Å². The second-order valence-electron chi connectivity index (χ2n) is 7.12. The molecule has 0 saturated carbocycles. The van der Waals surface area contributed by atoms with E-state index in [4.69, 9.17) is 0 Å². The van der Waals surface area contributed by atoms with Gasteiger partial charge in [-0.3, -0.25) is 4.79 Å². The Morgan fingerprint density at radius 2 is 1.79 bits per heavy atom. The number of hydrogen-bond donors (Lipinski definition) is 2. The fourth-order valence-corrected chi connectivity index (χ4v) is 4.58. The average Bonchev–Trinajstić information content (AvgIpc) is 2.69. The number of nitrogens with one attached hydrogen (secondary N) is 2. The molecule has 0 heterocycles. The van der Waals surface area contributed by atoms with Gasteiger partial charge >= 0.3 is 0 Å². The number of carbonyl (C=O) groups excluding carboxylic acids is 2. The van der Waals surface area contributed by atoms with E-state index in [1.54, 1.807) is 31.2 Å². The normalized spacial score (nSPS) is 15.0. The highest BCUT2D eigenvalue weighted by Crippen LogP contribution is 2.23. The van der Waals surface area contributed by atoms with Gasteiger partial charge in [-0.2, -0.15) is 4.72 Å². The van der Waals surface area contributed by atoms with Gasteiger partial charge in [0.25, 0.3) is 0 Å². The third-order valence-corrected chi connectivity index (χ3v) is 6.42. The second-order valence-corrected chi connectivity index (χ2v) is 8.80. The summed E-state index contributed by atoms with van der Waals surface area (Å²) in [5, 5.41) is 4.24. The third kappa shape index (κ3) is 5.39. The number of aldehydes is 1. The Hall–Kier alpha value is -2.25. The maximum absolute atomic E-state index is 13.1.